The topological polar surface area (TPSA) is 54.9 Å². The molecule has 0 atom stereocenters. The summed E-state index contributed by atoms with van der Waals surface area (Å²) in [5.74, 6) is 0.0791. The number of rotatable bonds is 8. The Labute approximate surface area is 176 Å². The average molecular weight is 442 g/mol. The summed E-state index contributed by atoms with van der Waals surface area (Å²) in [6.07, 6.45) is 1.85. The summed E-state index contributed by atoms with van der Waals surface area (Å²) < 4.78 is 39.0. The SMILES string of the molecule is CC(C)=CCCC(C)=CCSc1nnc(NC(=O)c2cccc(C(F)(F)F)c2)s1. The molecular formula is C20H22F3N3OS2. The predicted octanol–water partition coefficient (Wildman–Crippen LogP) is 6.59. The van der Waals surface area contributed by atoms with E-state index in [1.165, 1.54) is 46.4 Å². The number of amides is 1. The van der Waals surface area contributed by atoms with Crippen LogP contribution in [0.2, 0.25) is 0 Å². The lowest BCUT2D eigenvalue weighted by molar-refractivity contribution is -0.137. The van der Waals surface area contributed by atoms with E-state index >= 15 is 0 Å². The first kappa shape index (κ1) is 23.2. The number of alkyl halides is 3. The van der Waals surface area contributed by atoms with E-state index in [0.717, 1.165) is 30.7 Å². The third-order valence-corrected chi connectivity index (χ3v) is 5.71. The monoisotopic (exact) mass is 441 g/mol. The average Bonchev–Trinajstić information content (AvgIpc) is 3.08. The molecule has 2 rings (SSSR count). The Bertz CT molecular complexity index is 900. The standard InChI is InChI=1S/C20H22F3N3OS2/c1-13(2)6-4-7-14(3)10-11-28-19-26-25-18(29-19)24-17(27)15-8-5-9-16(12-15)20(21,22)23/h5-6,8-10,12H,4,7,11H2,1-3H3,(H,24,25,27). The third kappa shape index (κ3) is 8.02. The van der Waals surface area contributed by atoms with E-state index < -0.39 is 17.6 Å². The lowest BCUT2D eigenvalue weighted by atomic mass is 10.1. The Morgan fingerprint density at radius 2 is 1.97 bits per heavy atom. The summed E-state index contributed by atoms with van der Waals surface area (Å²) in [6.45, 7) is 6.24. The number of hydrogen-bond acceptors (Lipinski definition) is 5. The summed E-state index contributed by atoms with van der Waals surface area (Å²) in [5, 5.41) is 10.6. The lowest BCUT2D eigenvalue weighted by Crippen LogP contribution is -2.13. The van der Waals surface area contributed by atoms with Crippen LogP contribution in [0.5, 0.6) is 0 Å². The molecule has 0 aliphatic rings. The van der Waals surface area contributed by atoms with Crippen molar-refractivity contribution in [3.63, 3.8) is 0 Å². The van der Waals surface area contributed by atoms with Gasteiger partial charge in [0.05, 0.1) is 5.56 Å². The van der Waals surface area contributed by atoms with E-state index in [9.17, 15) is 18.0 Å². The van der Waals surface area contributed by atoms with E-state index in [-0.39, 0.29) is 10.7 Å². The molecule has 0 aliphatic carbocycles. The number of hydrogen-bond donors (Lipinski definition) is 1. The maximum absolute atomic E-state index is 12.8. The smallest absolute Gasteiger partial charge is 0.296 e. The van der Waals surface area contributed by atoms with Crippen molar-refractivity contribution in [1.29, 1.82) is 0 Å². The number of nitrogens with zero attached hydrogens (tertiary/aromatic N) is 2. The Hall–Kier alpha value is -2.13. The van der Waals surface area contributed by atoms with Gasteiger partial charge < -0.3 is 0 Å². The van der Waals surface area contributed by atoms with Gasteiger partial charge in [0.15, 0.2) is 4.34 Å². The molecule has 29 heavy (non-hydrogen) atoms. The van der Waals surface area contributed by atoms with Crippen molar-refractivity contribution in [3.05, 3.63) is 58.7 Å². The van der Waals surface area contributed by atoms with Crippen LogP contribution in [0.15, 0.2) is 51.9 Å². The van der Waals surface area contributed by atoms with Gasteiger partial charge in [-0.25, -0.2) is 0 Å². The minimum Gasteiger partial charge on any atom is -0.296 e. The van der Waals surface area contributed by atoms with Crippen LogP contribution in [-0.2, 0) is 6.18 Å². The van der Waals surface area contributed by atoms with Crippen molar-refractivity contribution < 1.29 is 18.0 Å². The number of benzene rings is 1. The zero-order valence-corrected chi connectivity index (χ0v) is 18.0. The molecule has 0 saturated carbocycles. The number of thioether (sulfide) groups is 1. The highest BCUT2D eigenvalue weighted by Crippen LogP contribution is 2.30. The van der Waals surface area contributed by atoms with Gasteiger partial charge in [0, 0.05) is 11.3 Å². The van der Waals surface area contributed by atoms with E-state index in [1.54, 1.807) is 0 Å². The van der Waals surface area contributed by atoms with Gasteiger partial charge in [0.2, 0.25) is 5.13 Å². The molecule has 0 radical (unpaired) electrons. The molecule has 0 fully saturated rings. The minimum atomic E-state index is -4.50. The molecule has 9 heteroatoms. The molecule has 0 bridgehead atoms. The fraction of sp³-hybridized carbons (Fsp3) is 0.350. The van der Waals surface area contributed by atoms with Crippen LogP contribution in [0.1, 0.15) is 49.5 Å². The Kier molecular flexibility index (Phi) is 8.45. The summed E-state index contributed by atoms with van der Waals surface area (Å²) in [4.78, 5) is 12.2. The molecule has 2 aromatic rings. The van der Waals surface area contributed by atoms with Gasteiger partial charge in [-0.2, -0.15) is 13.2 Å². The van der Waals surface area contributed by atoms with Crippen molar-refractivity contribution in [3.8, 4) is 0 Å². The fourth-order valence-electron chi connectivity index (χ4n) is 2.27. The second-order valence-corrected chi connectivity index (χ2v) is 8.83. The van der Waals surface area contributed by atoms with Gasteiger partial charge >= 0.3 is 6.18 Å². The van der Waals surface area contributed by atoms with Crippen molar-refractivity contribution in [1.82, 2.24) is 10.2 Å². The van der Waals surface area contributed by atoms with Gasteiger partial charge in [-0.1, -0.05) is 52.5 Å². The number of allylic oxidation sites excluding steroid dienone is 3. The van der Waals surface area contributed by atoms with E-state index in [1.807, 2.05) is 0 Å². The van der Waals surface area contributed by atoms with Crippen LogP contribution in [0, 0.1) is 0 Å². The number of anilines is 1. The predicted molar refractivity (Wildman–Crippen MR) is 112 cm³/mol. The second-order valence-electron chi connectivity index (χ2n) is 6.59. The van der Waals surface area contributed by atoms with Gasteiger partial charge in [0.1, 0.15) is 0 Å². The van der Waals surface area contributed by atoms with Crippen LogP contribution in [0.3, 0.4) is 0 Å². The molecule has 1 heterocycles. The molecule has 1 N–H and O–H groups in total. The molecule has 0 spiro atoms. The maximum atomic E-state index is 12.8. The Balaban J connectivity index is 1.89. The molecular weight excluding hydrogens is 419 g/mol. The van der Waals surface area contributed by atoms with Crippen molar-refractivity contribution in [2.45, 2.75) is 44.1 Å². The molecule has 1 aromatic heterocycles. The van der Waals surface area contributed by atoms with Gasteiger partial charge in [-0.15, -0.1) is 10.2 Å². The minimum absolute atomic E-state index is 0.0841. The number of halogens is 3. The largest absolute Gasteiger partial charge is 0.416 e. The van der Waals surface area contributed by atoms with E-state index in [2.05, 4.69) is 48.4 Å². The van der Waals surface area contributed by atoms with Gasteiger partial charge in [-0.3, -0.25) is 10.1 Å². The quantitative estimate of drug-likeness (QED) is 0.285. The number of carbonyl (C=O) groups is 1. The van der Waals surface area contributed by atoms with Crippen LogP contribution in [0.25, 0.3) is 0 Å². The highest BCUT2D eigenvalue weighted by atomic mass is 32.2. The summed E-state index contributed by atoms with van der Waals surface area (Å²) >= 11 is 2.68. The van der Waals surface area contributed by atoms with Crippen molar-refractivity contribution >= 4 is 34.1 Å². The molecule has 4 nitrogen and oxygen atoms in total. The van der Waals surface area contributed by atoms with Gasteiger partial charge in [-0.05, 0) is 51.8 Å². The second kappa shape index (κ2) is 10.6. The van der Waals surface area contributed by atoms with E-state index in [0.29, 0.717) is 4.34 Å². The van der Waals surface area contributed by atoms with Crippen LogP contribution in [0.4, 0.5) is 18.3 Å². The first-order valence-electron chi connectivity index (χ1n) is 8.89. The molecule has 0 unspecified atom stereocenters. The van der Waals surface area contributed by atoms with Gasteiger partial charge in [0.25, 0.3) is 5.91 Å². The van der Waals surface area contributed by atoms with Crippen molar-refractivity contribution in [2.75, 3.05) is 11.1 Å². The molecule has 0 aliphatic heterocycles. The normalized spacial score (nSPS) is 12.0. The van der Waals surface area contributed by atoms with E-state index in [4.69, 9.17) is 0 Å². The molecule has 156 valence electrons. The molecule has 1 aromatic carbocycles. The van der Waals surface area contributed by atoms with Crippen LogP contribution in [-0.4, -0.2) is 21.9 Å². The highest BCUT2D eigenvalue weighted by Gasteiger charge is 2.30. The zero-order chi connectivity index (χ0) is 21.4. The zero-order valence-electron chi connectivity index (χ0n) is 16.3. The summed E-state index contributed by atoms with van der Waals surface area (Å²) in [6, 6.07) is 4.26. The Morgan fingerprint density at radius 3 is 2.66 bits per heavy atom. The molecule has 0 saturated heterocycles. The fourth-order valence-corrected chi connectivity index (χ4v) is 4.03. The third-order valence-electron chi connectivity index (χ3n) is 3.81. The highest BCUT2D eigenvalue weighted by molar-refractivity contribution is 8.01. The summed E-state index contributed by atoms with van der Waals surface area (Å²) in [7, 11) is 0. The number of aromatic nitrogens is 2. The van der Waals surface area contributed by atoms with Crippen LogP contribution < -0.4 is 5.32 Å². The maximum Gasteiger partial charge on any atom is 0.416 e. The lowest BCUT2D eigenvalue weighted by Gasteiger charge is -2.08. The number of carbonyl (C=O) groups excluding carboxylic acids is 1. The first-order valence-corrected chi connectivity index (χ1v) is 10.7. The van der Waals surface area contributed by atoms with Crippen LogP contribution >= 0.6 is 23.1 Å². The Morgan fingerprint density at radius 1 is 1.21 bits per heavy atom. The summed E-state index contributed by atoms with van der Waals surface area (Å²) in [5.41, 5.74) is 1.64. The first-order chi connectivity index (χ1) is 13.6. The molecule has 1 amide bonds. The number of nitrogens with one attached hydrogen (secondary N) is 1. The van der Waals surface area contributed by atoms with Crippen molar-refractivity contribution in [2.24, 2.45) is 0 Å².